The van der Waals surface area contributed by atoms with Crippen LogP contribution in [0, 0.1) is 12.8 Å². The molecule has 0 spiro atoms. The summed E-state index contributed by atoms with van der Waals surface area (Å²) in [6, 6.07) is 14.8. The van der Waals surface area contributed by atoms with Crippen LogP contribution in [0.2, 0.25) is 0 Å². The van der Waals surface area contributed by atoms with Gasteiger partial charge in [0.05, 0.1) is 25.0 Å². The zero-order valence-corrected chi connectivity index (χ0v) is 16.5. The first kappa shape index (κ1) is 19.5. The Morgan fingerprint density at radius 1 is 1.24 bits per heavy atom. The zero-order valence-electron chi connectivity index (χ0n) is 16.5. The summed E-state index contributed by atoms with van der Waals surface area (Å²) in [5.74, 6) is -0.738. The van der Waals surface area contributed by atoms with Gasteiger partial charge in [-0.15, -0.1) is 0 Å². The fourth-order valence-corrected chi connectivity index (χ4v) is 4.38. The maximum Gasteiger partial charge on any atom is 0.305 e. The topological polar surface area (TPSA) is 87.7 Å². The third-order valence-corrected chi connectivity index (χ3v) is 5.73. The van der Waals surface area contributed by atoms with Crippen LogP contribution in [0.4, 0.5) is 5.69 Å². The maximum atomic E-state index is 12.1. The molecular weight excluding hydrogens is 368 g/mol. The lowest BCUT2D eigenvalue weighted by molar-refractivity contribution is -0.136. The van der Waals surface area contributed by atoms with Crippen LogP contribution >= 0.6 is 0 Å². The Morgan fingerprint density at radius 2 is 2.10 bits per heavy atom. The fourth-order valence-electron chi connectivity index (χ4n) is 4.38. The Bertz CT molecular complexity index is 927. The van der Waals surface area contributed by atoms with Gasteiger partial charge in [-0.2, -0.15) is 0 Å². The van der Waals surface area contributed by atoms with E-state index >= 15 is 0 Å². The number of hydrogen-bond donors (Lipinski definition) is 3. The number of carboxylic acids is 1. The van der Waals surface area contributed by atoms with Crippen molar-refractivity contribution in [2.24, 2.45) is 5.92 Å². The highest BCUT2D eigenvalue weighted by Crippen LogP contribution is 2.50. The zero-order chi connectivity index (χ0) is 20.4. The maximum absolute atomic E-state index is 12.1. The monoisotopic (exact) mass is 394 g/mol. The average molecular weight is 394 g/mol. The van der Waals surface area contributed by atoms with Crippen LogP contribution in [0.15, 0.2) is 42.5 Å². The molecule has 3 N–H and O–H groups in total. The van der Waals surface area contributed by atoms with E-state index in [0.29, 0.717) is 5.92 Å². The summed E-state index contributed by atoms with van der Waals surface area (Å²) in [5, 5.41) is 15.0. The number of ether oxygens (including phenoxy) is 1. The number of amides is 1. The Kier molecular flexibility index (Phi) is 5.53. The third kappa shape index (κ3) is 4.27. The number of hydrogen-bond acceptors (Lipinski definition) is 4. The Labute approximate surface area is 170 Å². The van der Waals surface area contributed by atoms with Crippen molar-refractivity contribution in [3.05, 3.63) is 64.7 Å². The molecule has 2 aliphatic rings. The average Bonchev–Trinajstić information content (AvgIpc) is 3.17. The highest BCUT2D eigenvalue weighted by Gasteiger charge is 2.41. The third-order valence-electron chi connectivity index (χ3n) is 5.73. The second-order valence-corrected chi connectivity index (χ2v) is 7.87. The first-order valence-corrected chi connectivity index (χ1v) is 10.1. The molecule has 1 amide bonds. The van der Waals surface area contributed by atoms with E-state index in [1.165, 1.54) is 11.1 Å². The first-order valence-electron chi connectivity index (χ1n) is 10.1. The minimum Gasteiger partial charge on any atom is -0.481 e. The van der Waals surface area contributed by atoms with Crippen LogP contribution in [0.25, 0.3) is 0 Å². The van der Waals surface area contributed by atoms with Gasteiger partial charge in [0.2, 0.25) is 5.91 Å². The number of rotatable bonds is 6. The molecule has 152 valence electrons. The molecule has 0 radical (unpaired) electrons. The molecule has 0 bridgehead atoms. The van der Waals surface area contributed by atoms with Crippen LogP contribution in [0.3, 0.4) is 0 Å². The van der Waals surface area contributed by atoms with Crippen molar-refractivity contribution in [2.75, 3.05) is 18.5 Å². The van der Waals surface area contributed by atoms with Crippen LogP contribution in [0.5, 0.6) is 0 Å². The molecule has 0 aliphatic carbocycles. The quantitative estimate of drug-likeness (QED) is 0.699. The number of carbonyl (C=O) groups is 2. The van der Waals surface area contributed by atoms with E-state index in [1.54, 1.807) is 0 Å². The van der Waals surface area contributed by atoms with Gasteiger partial charge >= 0.3 is 5.97 Å². The smallest absolute Gasteiger partial charge is 0.305 e. The van der Waals surface area contributed by atoms with Gasteiger partial charge in [0.15, 0.2) is 0 Å². The number of carbonyl (C=O) groups excluding carboxylic acids is 1. The van der Waals surface area contributed by atoms with E-state index in [4.69, 9.17) is 9.84 Å². The lowest BCUT2D eigenvalue weighted by Gasteiger charge is -2.37. The summed E-state index contributed by atoms with van der Waals surface area (Å²) in [5.41, 5.74) is 5.58. The Morgan fingerprint density at radius 3 is 2.90 bits per heavy atom. The van der Waals surface area contributed by atoms with Gasteiger partial charge in [-0.1, -0.05) is 42.0 Å². The summed E-state index contributed by atoms with van der Waals surface area (Å²) in [6.07, 6.45) is 1.17. The molecule has 2 aliphatic heterocycles. The first-order chi connectivity index (χ1) is 14.0. The van der Waals surface area contributed by atoms with E-state index in [9.17, 15) is 9.59 Å². The summed E-state index contributed by atoms with van der Waals surface area (Å²) < 4.78 is 6.11. The van der Waals surface area contributed by atoms with Crippen molar-refractivity contribution in [3.63, 3.8) is 0 Å². The van der Waals surface area contributed by atoms with E-state index in [0.717, 1.165) is 29.8 Å². The Hall–Kier alpha value is -2.86. The molecular formula is C23H26N2O4. The standard InChI is InChI=1S/C23H26N2O4/c1-14-3-2-4-16(11-14)22-17-8-10-29-23(17)18-12-15(5-6-19(18)25-22)13-20(26)24-9-7-21(27)28/h2-6,11-12,17,22-23,25H,7-10,13H2,1H3,(H,24,26)(H,27,28)/t17-,22-,23-/m1/s1. The highest BCUT2D eigenvalue weighted by molar-refractivity contribution is 5.79. The number of aryl methyl sites for hydroxylation is 1. The van der Waals surface area contributed by atoms with Gasteiger partial charge in [0.25, 0.3) is 0 Å². The van der Waals surface area contributed by atoms with Crippen molar-refractivity contribution in [1.82, 2.24) is 5.32 Å². The fraction of sp³-hybridized carbons (Fsp3) is 0.391. The number of benzene rings is 2. The molecule has 1 fully saturated rings. The molecule has 1 saturated heterocycles. The minimum absolute atomic E-state index is 0.0202. The van der Waals surface area contributed by atoms with E-state index in [-0.39, 0.29) is 37.4 Å². The molecule has 6 heteroatoms. The highest BCUT2D eigenvalue weighted by atomic mass is 16.5. The molecule has 0 aromatic heterocycles. The van der Waals surface area contributed by atoms with E-state index < -0.39 is 5.97 Å². The van der Waals surface area contributed by atoms with Crippen molar-refractivity contribution in [2.45, 2.75) is 38.3 Å². The molecule has 0 unspecified atom stereocenters. The predicted molar refractivity (Wildman–Crippen MR) is 110 cm³/mol. The van der Waals surface area contributed by atoms with Crippen molar-refractivity contribution in [3.8, 4) is 0 Å². The molecule has 0 saturated carbocycles. The SMILES string of the molecule is Cc1cccc([C@H]2Nc3ccc(CC(=O)NCCC(=O)O)cc3[C@@H]3OCC[C@H]23)c1. The molecule has 29 heavy (non-hydrogen) atoms. The normalized spacial score (nSPS) is 22.3. The van der Waals surface area contributed by atoms with E-state index in [1.807, 2.05) is 12.1 Å². The number of nitrogens with one attached hydrogen (secondary N) is 2. The molecule has 2 heterocycles. The second-order valence-electron chi connectivity index (χ2n) is 7.87. The number of carboxylic acid groups (broad SMARTS) is 1. The van der Waals surface area contributed by atoms with Gasteiger partial charge < -0.3 is 20.5 Å². The van der Waals surface area contributed by atoms with Crippen molar-refractivity contribution in [1.29, 1.82) is 0 Å². The summed E-state index contributed by atoms with van der Waals surface area (Å²) in [6.45, 7) is 2.99. The summed E-state index contributed by atoms with van der Waals surface area (Å²) in [7, 11) is 0. The minimum atomic E-state index is -0.919. The summed E-state index contributed by atoms with van der Waals surface area (Å²) in [4.78, 5) is 22.7. The lowest BCUT2D eigenvalue weighted by atomic mass is 9.80. The van der Waals surface area contributed by atoms with Gasteiger partial charge in [0.1, 0.15) is 0 Å². The molecule has 3 atom stereocenters. The summed E-state index contributed by atoms with van der Waals surface area (Å²) >= 11 is 0. The largest absolute Gasteiger partial charge is 0.481 e. The molecule has 2 aromatic rings. The molecule has 6 nitrogen and oxygen atoms in total. The predicted octanol–water partition coefficient (Wildman–Crippen LogP) is 3.37. The number of aliphatic carboxylic acids is 1. The van der Waals surface area contributed by atoms with Crippen LogP contribution in [-0.4, -0.2) is 30.1 Å². The van der Waals surface area contributed by atoms with Crippen molar-refractivity contribution >= 4 is 17.6 Å². The van der Waals surface area contributed by atoms with Gasteiger partial charge in [-0.3, -0.25) is 9.59 Å². The second kappa shape index (κ2) is 8.25. The van der Waals surface area contributed by atoms with Crippen LogP contribution in [0.1, 0.15) is 47.2 Å². The Balaban J connectivity index is 1.52. The molecule has 2 aromatic carbocycles. The number of fused-ring (bicyclic) bond motifs is 3. The van der Waals surface area contributed by atoms with Gasteiger partial charge in [0, 0.05) is 30.3 Å². The molecule has 4 rings (SSSR count). The lowest BCUT2D eigenvalue weighted by Crippen LogP contribution is -2.30. The van der Waals surface area contributed by atoms with Gasteiger partial charge in [-0.05, 0) is 30.5 Å². The van der Waals surface area contributed by atoms with E-state index in [2.05, 4.69) is 47.9 Å². The van der Waals surface area contributed by atoms with Crippen LogP contribution < -0.4 is 10.6 Å². The van der Waals surface area contributed by atoms with Crippen LogP contribution in [-0.2, 0) is 20.7 Å². The van der Waals surface area contributed by atoms with Crippen molar-refractivity contribution < 1.29 is 19.4 Å². The number of anilines is 1. The van der Waals surface area contributed by atoms with Gasteiger partial charge in [-0.25, -0.2) is 0 Å².